The average Bonchev–Trinajstić information content (AvgIpc) is 3.68. The molecule has 0 aliphatic carbocycles. The summed E-state index contributed by atoms with van der Waals surface area (Å²) < 4.78 is 7.18. The summed E-state index contributed by atoms with van der Waals surface area (Å²) >= 11 is 0. The Morgan fingerprint density at radius 3 is 1.68 bits per heavy atom. The smallest absolute Gasteiger partial charge is 0.247 e. The largest absolute Gasteiger partial charge is 0.456 e. The van der Waals surface area contributed by atoms with Gasteiger partial charge in [0.1, 0.15) is 11.2 Å². The van der Waals surface area contributed by atoms with Crippen molar-refractivity contribution < 1.29 is 4.42 Å². The third-order valence-corrected chi connectivity index (χ3v) is 15.8. The number of benzene rings is 8. The van der Waals surface area contributed by atoms with Crippen LogP contribution in [0.3, 0.4) is 0 Å². The van der Waals surface area contributed by atoms with Crippen molar-refractivity contribution in [3.8, 4) is 11.1 Å². The number of hydrogen-bond donors (Lipinski definition) is 0. The molecule has 0 amide bonds. The molecule has 0 saturated heterocycles. The number of rotatable bonds is 5. The zero-order valence-corrected chi connectivity index (χ0v) is 44.5. The van der Waals surface area contributed by atoms with Gasteiger partial charge in [0.15, 0.2) is 0 Å². The Bertz CT molecular complexity index is 3530. The van der Waals surface area contributed by atoms with Gasteiger partial charge in [0.25, 0.3) is 0 Å². The Kier molecular flexibility index (Phi) is 10.6. The van der Waals surface area contributed by atoms with Crippen LogP contribution in [0.1, 0.15) is 130 Å². The van der Waals surface area contributed by atoms with Crippen molar-refractivity contribution in [2.24, 2.45) is 0 Å². The van der Waals surface area contributed by atoms with Crippen LogP contribution in [0, 0.1) is 0 Å². The van der Waals surface area contributed by atoms with Gasteiger partial charge in [0.2, 0.25) is 6.71 Å². The predicted octanol–water partition coefficient (Wildman–Crippen LogP) is 16.9. The predicted molar refractivity (Wildman–Crippen MR) is 307 cm³/mol. The highest BCUT2D eigenvalue weighted by Gasteiger charge is 2.47. The van der Waals surface area contributed by atoms with Gasteiger partial charge in [-0.05, 0) is 138 Å². The number of hydrogen-bond acceptors (Lipinski definition) is 3. The van der Waals surface area contributed by atoms with Crippen LogP contribution in [0.5, 0.6) is 0 Å². The summed E-state index contributed by atoms with van der Waals surface area (Å²) in [6, 6.07) is 62.0. The van der Waals surface area contributed by atoms with Crippen LogP contribution in [-0.4, -0.2) is 6.71 Å². The maximum absolute atomic E-state index is 7.18. The minimum absolute atomic E-state index is 0.00802. The lowest BCUT2D eigenvalue weighted by Crippen LogP contribution is -2.64. The third-order valence-electron chi connectivity index (χ3n) is 15.8. The molecule has 71 heavy (non-hydrogen) atoms. The molecule has 3 nitrogen and oxygen atoms in total. The third kappa shape index (κ3) is 7.81. The van der Waals surface area contributed by atoms with E-state index in [1.807, 2.05) is 0 Å². The minimum atomic E-state index is -0.313. The highest BCUT2D eigenvalue weighted by Crippen LogP contribution is 2.48. The lowest BCUT2D eigenvalue weighted by atomic mass is 9.30. The number of para-hydroxylation sites is 1. The molecule has 0 saturated carbocycles. The summed E-state index contributed by atoms with van der Waals surface area (Å²) in [4.78, 5) is 4.97. The molecular weight excluding hydrogens is 860 g/mol. The van der Waals surface area contributed by atoms with E-state index in [0.717, 1.165) is 39.0 Å². The quantitative estimate of drug-likeness (QED) is 0.160. The molecule has 2 aliphatic heterocycles. The number of furan rings is 1. The van der Waals surface area contributed by atoms with Gasteiger partial charge >= 0.3 is 0 Å². The molecular formula is C67H69BN2O. The SMILES string of the molecule is CC(C)(C)c1ccc(N(c2ccc3c(c2)oc2cc4c(cc23)C(C)(C)c2cc(C(C)(C)C)cc3c2B4c2cc(C(C)(C)C)ccc2N3c2ccc(C(C)(C)C)cc2)c2ccccc2-c2ccccc2)cc1. The Hall–Kier alpha value is -6.78. The van der Waals surface area contributed by atoms with Crippen molar-refractivity contribution in [1.29, 1.82) is 0 Å². The van der Waals surface area contributed by atoms with E-state index in [9.17, 15) is 0 Å². The van der Waals surface area contributed by atoms with E-state index < -0.39 is 0 Å². The molecule has 0 fully saturated rings. The first-order valence-electron chi connectivity index (χ1n) is 25.8. The van der Waals surface area contributed by atoms with Gasteiger partial charge in [-0.25, -0.2) is 0 Å². The second kappa shape index (κ2) is 16.1. The highest BCUT2D eigenvalue weighted by molar-refractivity contribution is 6.99. The summed E-state index contributed by atoms with van der Waals surface area (Å²) in [7, 11) is 0. The summed E-state index contributed by atoms with van der Waals surface area (Å²) in [5.74, 6) is 0. The second-order valence-corrected chi connectivity index (χ2v) is 25.2. The van der Waals surface area contributed by atoms with Crippen LogP contribution in [0.2, 0.25) is 0 Å². The average molecular weight is 929 g/mol. The van der Waals surface area contributed by atoms with E-state index in [4.69, 9.17) is 4.42 Å². The fraction of sp³-hybridized carbons (Fsp3) is 0.284. The molecule has 2 aliphatic rings. The van der Waals surface area contributed by atoms with Crippen LogP contribution >= 0.6 is 0 Å². The molecule has 3 heterocycles. The summed E-state index contributed by atoms with van der Waals surface area (Å²) in [5, 5.41) is 2.28. The lowest BCUT2D eigenvalue weighted by Gasteiger charge is -2.46. The van der Waals surface area contributed by atoms with Crippen LogP contribution < -0.4 is 26.2 Å². The standard InChI is InChI=1S/C67H69BN2O/c1-63(2,3)43-24-29-47(30-25-43)69(57-23-19-18-22-50(57)42-20-16-15-17-21-42)49-33-34-51-52-40-53-55(41-61(52)71-60(51)39-49)68-56-37-45(65(7,8)9)28-35-58(56)70(48-31-26-44(27-32-48)64(4,5)6)59-38-46(66(10,11)12)36-54(62(59)68)67(53,13)14/h15-41H,1-14H3. The van der Waals surface area contributed by atoms with Gasteiger partial charge in [-0.2, -0.15) is 0 Å². The molecule has 356 valence electrons. The van der Waals surface area contributed by atoms with Gasteiger partial charge in [0, 0.05) is 56.3 Å². The Morgan fingerprint density at radius 1 is 0.451 bits per heavy atom. The molecule has 4 heteroatoms. The van der Waals surface area contributed by atoms with Gasteiger partial charge in [-0.1, -0.05) is 193 Å². The molecule has 0 unspecified atom stereocenters. The first-order chi connectivity index (χ1) is 33.5. The second-order valence-electron chi connectivity index (χ2n) is 25.2. The Balaban J connectivity index is 1.13. The van der Waals surface area contributed by atoms with E-state index in [1.165, 1.54) is 78.0 Å². The van der Waals surface area contributed by atoms with Crippen molar-refractivity contribution in [3.63, 3.8) is 0 Å². The highest BCUT2D eigenvalue weighted by atomic mass is 16.3. The van der Waals surface area contributed by atoms with Gasteiger partial charge in [0.05, 0.1) is 5.69 Å². The van der Waals surface area contributed by atoms with Crippen LogP contribution in [0.25, 0.3) is 33.1 Å². The zero-order valence-electron chi connectivity index (χ0n) is 44.5. The van der Waals surface area contributed by atoms with E-state index in [-0.39, 0.29) is 33.8 Å². The molecule has 0 radical (unpaired) electrons. The fourth-order valence-corrected chi connectivity index (χ4v) is 11.5. The summed E-state index contributed by atoms with van der Waals surface area (Å²) in [5.41, 5.74) is 22.9. The number of fused-ring (bicyclic) bond motifs is 7. The molecule has 0 N–H and O–H groups in total. The molecule has 0 bridgehead atoms. The summed E-state index contributed by atoms with van der Waals surface area (Å²) in [6.45, 7) is 32.7. The molecule has 0 spiro atoms. The first-order valence-corrected chi connectivity index (χ1v) is 25.8. The Morgan fingerprint density at radius 2 is 1.03 bits per heavy atom. The fourth-order valence-electron chi connectivity index (χ4n) is 11.5. The van der Waals surface area contributed by atoms with E-state index in [1.54, 1.807) is 0 Å². The van der Waals surface area contributed by atoms with Crippen molar-refractivity contribution in [2.75, 3.05) is 9.80 Å². The summed E-state index contributed by atoms with van der Waals surface area (Å²) in [6.07, 6.45) is 0. The topological polar surface area (TPSA) is 19.6 Å². The number of anilines is 6. The molecule has 0 atom stereocenters. The molecule has 8 aromatic carbocycles. The van der Waals surface area contributed by atoms with E-state index in [0.29, 0.717) is 0 Å². The van der Waals surface area contributed by atoms with Gasteiger partial charge in [-0.15, -0.1) is 0 Å². The first kappa shape index (κ1) is 46.6. The van der Waals surface area contributed by atoms with Crippen molar-refractivity contribution in [2.45, 2.75) is 124 Å². The zero-order chi connectivity index (χ0) is 50.2. The van der Waals surface area contributed by atoms with Crippen LogP contribution in [0.15, 0.2) is 168 Å². The number of nitrogens with zero attached hydrogens (tertiary/aromatic N) is 2. The molecule has 1 aromatic heterocycles. The van der Waals surface area contributed by atoms with Gasteiger partial charge in [-0.3, -0.25) is 0 Å². The maximum atomic E-state index is 7.18. The van der Waals surface area contributed by atoms with Gasteiger partial charge < -0.3 is 14.2 Å². The Labute approximate surface area is 423 Å². The van der Waals surface area contributed by atoms with Crippen molar-refractivity contribution in [3.05, 3.63) is 197 Å². The molecule has 11 rings (SSSR count). The maximum Gasteiger partial charge on any atom is 0.247 e. The van der Waals surface area contributed by atoms with Crippen LogP contribution in [-0.2, 0) is 27.1 Å². The monoisotopic (exact) mass is 929 g/mol. The lowest BCUT2D eigenvalue weighted by molar-refractivity contribution is 0.583. The minimum Gasteiger partial charge on any atom is -0.456 e. The molecule has 9 aromatic rings. The van der Waals surface area contributed by atoms with Crippen molar-refractivity contribution in [1.82, 2.24) is 0 Å². The van der Waals surface area contributed by atoms with E-state index >= 15 is 0 Å². The normalized spacial score (nSPS) is 14.4. The van der Waals surface area contributed by atoms with E-state index in [2.05, 4.69) is 271 Å². The van der Waals surface area contributed by atoms with Crippen LogP contribution in [0.4, 0.5) is 34.1 Å². The van der Waals surface area contributed by atoms with Crippen molar-refractivity contribution >= 4 is 79.2 Å².